The van der Waals surface area contributed by atoms with Crippen LogP contribution in [0.4, 0.5) is 11.4 Å². The Morgan fingerprint density at radius 3 is 2.58 bits per heavy atom. The molecule has 0 aliphatic rings. The number of pyridine rings is 1. The van der Waals surface area contributed by atoms with Crippen LogP contribution in [0, 0.1) is 6.92 Å². The molecular weight excluding hydrogens is 286 g/mol. The van der Waals surface area contributed by atoms with Crippen LogP contribution in [0.2, 0.25) is 5.02 Å². The van der Waals surface area contributed by atoms with Crippen molar-refractivity contribution in [2.24, 2.45) is 0 Å². The SMILES string of the molecule is Cc1ccc(NS(=O)(=O)c2ccc(Cl)c(N)c2)cn1. The van der Waals surface area contributed by atoms with Gasteiger partial charge in [-0.25, -0.2) is 8.42 Å². The maximum absolute atomic E-state index is 12.1. The second-order valence-electron chi connectivity index (χ2n) is 3.98. The first-order chi connectivity index (χ1) is 8.88. The Labute approximate surface area is 116 Å². The Bertz CT molecular complexity index is 699. The number of nitrogens with one attached hydrogen (secondary N) is 1. The minimum absolute atomic E-state index is 0.0509. The van der Waals surface area contributed by atoms with Crippen molar-refractivity contribution >= 4 is 33.0 Å². The van der Waals surface area contributed by atoms with Gasteiger partial charge in [0.05, 0.1) is 27.5 Å². The highest BCUT2D eigenvalue weighted by molar-refractivity contribution is 7.92. The maximum atomic E-state index is 12.1. The lowest BCUT2D eigenvalue weighted by atomic mass is 10.3. The minimum atomic E-state index is -3.69. The maximum Gasteiger partial charge on any atom is 0.262 e. The number of aryl methyl sites for hydroxylation is 1. The van der Waals surface area contributed by atoms with Gasteiger partial charge >= 0.3 is 0 Å². The molecule has 0 aliphatic heterocycles. The summed E-state index contributed by atoms with van der Waals surface area (Å²) < 4.78 is 26.6. The third-order valence-electron chi connectivity index (χ3n) is 2.44. The number of benzene rings is 1. The molecule has 7 heteroatoms. The molecule has 3 N–H and O–H groups in total. The quantitative estimate of drug-likeness (QED) is 0.852. The lowest BCUT2D eigenvalue weighted by molar-refractivity contribution is 0.601. The molecule has 0 atom stereocenters. The first kappa shape index (κ1) is 13.6. The highest BCUT2D eigenvalue weighted by Crippen LogP contribution is 2.23. The third kappa shape index (κ3) is 3.15. The molecule has 19 heavy (non-hydrogen) atoms. The van der Waals surface area contributed by atoms with Gasteiger partial charge < -0.3 is 5.73 Å². The van der Waals surface area contributed by atoms with Gasteiger partial charge in [-0.05, 0) is 37.3 Å². The summed E-state index contributed by atoms with van der Waals surface area (Å²) in [7, 11) is -3.69. The molecule has 0 bridgehead atoms. The Kier molecular flexibility index (Phi) is 3.64. The van der Waals surface area contributed by atoms with Gasteiger partial charge in [0.1, 0.15) is 0 Å². The number of sulfonamides is 1. The monoisotopic (exact) mass is 297 g/mol. The van der Waals surface area contributed by atoms with Crippen LogP contribution >= 0.6 is 11.6 Å². The molecule has 0 saturated carbocycles. The molecule has 100 valence electrons. The zero-order valence-corrected chi connectivity index (χ0v) is 11.7. The van der Waals surface area contributed by atoms with E-state index >= 15 is 0 Å². The van der Waals surface area contributed by atoms with E-state index in [9.17, 15) is 8.42 Å². The fourth-order valence-corrected chi connectivity index (χ4v) is 2.63. The van der Waals surface area contributed by atoms with Gasteiger partial charge in [0.2, 0.25) is 0 Å². The van der Waals surface area contributed by atoms with Crippen molar-refractivity contribution in [2.75, 3.05) is 10.5 Å². The van der Waals surface area contributed by atoms with Gasteiger partial charge in [0.25, 0.3) is 10.0 Å². The van der Waals surface area contributed by atoms with Gasteiger partial charge in [-0.15, -0.1) is 0 Å². The van der Waals surface area contributed by atoms with Gasteiger partial charge in [-0.2, -0.15) is 0 Å². The molecule has 2 aromatic rings. The average Bonchev–Trinajstić information content (AvgIpc) is 2.35. The van der Waals surface area contributed by atoms with E-state index in [2.05, 4.69) is 9.71 Å². The van der Waals surface area contributed by atoms with Crippen molar-refractivity contribution in [2.45, 2.75) is 11.8 Å². The van der Waals surface area contributed by atoms with Crippen LogP contribution in [-0.2, 0) is 10.0 Å². The van der Waals surface area contributed by atoms with E-state index in [1.165, 1.54) is 24.4 Å². The van der Waals surface area contributed by atoms with E-state index in [1.807, 2.05) is 6.92 Å². The molecule has 0 spiro atoms. The van der Waals surface area contributed by atoms with E-state index in [0.717, 1.165) is 5.69 Å². The third-order valence-corrected chi connectivity index (χ3v) is 4.16. The number of nitrogen functional groups attached to an aromatic ring is 1. The molecule has 1 heterocycles. The van der Waals surface area contributed by atoms with Crippen molar-refractivity contribution in [3.63, 3.8) is 0 Å². The molecule has 0 saturated heterocycles. The van der Waals surface area contributed by atoms with Gasteiger partial charge in [0, 0.05) is 5.69 Å². The van der Waals surface area contributed by atoms with E-state index in [0.29, 0.717) is 10.7 Å². The number of halogens is 1. The Morgan fingerprint density at radius 1 is 1.26 bits per heavy atom. The van der Waals surface area contributed by atoms with Crippen LogP contribution in [0.25, 0.3) is 0 Å². The van der Waals surface area contributed by atoms with Crippen LogP contribution in [0.15, 0.2) is 41.4 Å². The molecule has 0 unspecified atom stereocenters. The van der Waals surface area contributed by atoms with Crippen molar-refractivity contribution in [1.82, 2.24) is 4.98 Å². The summed E-state index contributed by atoms with van der Waals surface area (Å²) in [6, 6.07) is 7.50. The number of hydrogen-bond donors (Lipinski definition) is 2. The highest BCUT2D eigenvalue weighted by Gasteiger charge is 2.15. The number of nitrogens with zero attached hydrogens (tertiary/aromatic N) is 1. The van der Waals surface area contributed by atoms with Gasteiger partial charge in [-0.1, -0.05) is 11.6 Å². The second-order valence-corrected chi connectivity index (χ2v) is 6.07. The molecule has 0 radical (unpaired) electrons. The van der Waals surface area contributed by atoms with E-state index in [-0.39, 0.29) is 10.6 Å². The number of aromatic nitrogens is 1. The van der Waals surface area contributed by atoms with Crippen LogP contribution in [-0.4, -0.2) is 13.4 Å². The Hall–Kier alpha value is -1.79. The summed E-state index contributed by atoms with van der Waals surface area (Å²) in [4.78, 5) is 4.07. The summed E-state index contributed by atoms with van der Waals surface area (Å²) in [5, 5.41) is 0.316. The molecule has 5 nitrogen and oxygen atoms in total. The van der Waals surface area contributed by atoms with Crippen LogP contribution < -0.4 is 10.5 Å². The summed E-state index contributed by atoms with van der Waals surface area (Å²) in [5.41, 5.74) is 7.00. The molecule has 0 amide bonds. The van der Waals surface area contributed by atoms with Crippen molar-refractivity contribution in [3.05, 3.63) is 47.2 Å². The van der Waals surface area contributed by atoms with Crippen LogP contribution in [0.1, 0.15) is 5.69 Å². The molecule has 0 aliphatic carbocycles. The van der Waals surface area contributed by atoms with Crippen molar-refractivity contribution < 1.29 is 8.42 Å². The lowest BCUT2D eigenvalue weighted by Crippen LogP contribution is -2.13. The zero-order chi connectivity index (χ0) is 14.0. The number of hydrogen-bond acceptors (Lipinski definition) is 4. The molecular formula is C12H12ClN3O2S. The second kappa shape index (κ2) is 5.07. The number of anilines is 2. The fraction of sp³-hybridized carbons (Fsp3) is 0.0833. The molecule has 0 fully saturated rings. The normalized spacial score (nSPS) is 11.3. The van der Waals surface area contributed by atoms with Crippen molar-refractivity contribution in [3.8, 4) is 0 Å². The standard InChI is InChI=1S/C12H12ClN3O2S/c1-8-2-3-9(7-15-8)16-19(17,18)10-4-5-11(13)12(14)6-10/h2-7,16H,14H2,1H3. The molecule has 2 rings (SSSR count). The largest absolute Gasteiger partial charge is 0.397 e. The molecule has 1 aromatic carbocycles. The molecule has 1 aromatic heterocycles. The predicted octanol–water partition coefficient (Wildman–Crippen LogP) is 2.43. The fourth-order valence-electron chi connectivity index (χ4n) is 1.43. The Balaban J connectivity index is 2.32. The smallest absolute Gasteiger partial charge is 0.262 e. The summed E-state index contributed by atoms with van der Waals surface area (Å²) in [5.74, 6) is 0. The Morgan fingerprint density at radius 2 is 2.00 bits per heavy atom. The van der Waals surface area contributed by atoms with E-state index < -0.39 is 10.0 Å². The van der Waals surface area contributed by atoms with Crippen molar-refractivity contribution in [1.29, 1.82) is 0 Å². The number of nitrogens with two attached hydrogens (primary N) is 1. The minimum Gasteiger partial charge on any atom is -0.397 e. The van der Waals surface area contributed by atoms with E-state index in [1.54, 1.807) is 12.1 Å². The van der Waals surface area contributed by atoms with Gasteiger partial charge in [0.15, 0.2) is 0 Å². The van der Waals surface area contributed by atoms with Crippen LogP contribution in [0.3, 0.4) is 0 Å². The first-order valence-corrected chi connectivity index (χ1v) is 7.25. The summed E-state index contributed by atoms with van der Waals surface area (Å²) >= 11 is 5.76. The summed E-state index contributed by atoms with van der Waals surface area (Å²) in [6.07, 6.45) is 1.45. The average molecular weight is 298 g/mol. The lowest BCUT2D eigenvalue weighted by Gasteiger charge is -2.09. The zero-order valence-electron chi connectivity index (χ0n) is 10.1. The van der Waals surface area contributed by atoms with Gasteiger partial charge in [-0.3, -0.25) is 9.71 Å². The first-order valence-electron chi connectivity index (χ1n) is 5.39. The summed E-state index contributed by atoms with van der Waals surface area (Å²) in [6.45, 7) is 1.82. The van der Waals surface area contributed by atoms with Crippen LogP contribution in [0.5, 0.6) is 0 Å². The number of rotatable bonds is 3. The highest BCUT2D eigenvalue weighted by atomic mass is 35.5. The predicted molar refractivity (Wildman–Crippen MR) is 75.6 cm³/mol. The van der Waals surface area contributed by atoms with E-state index in [4.69, 9.17) is 17.3 Å². The topological polar surface area (TPSA) is 85.1 Å².